The number of nitriles is 1. The van der Waals surface area contributed by atoms with Crippen LogP contribution < -0.4 is 0 Å². The van der Waals surface area contributed by atoms with Gasteiger partial charge in [-0.25, -0.2) is 0 Å². The highest BCUT2D eigenvalue weighted by molar-refractivity contribution is 5.88. The van der Waals surface area contributed by atoms with E-state index in [9.17, 15) is 18.3 Å². The molecule has 0 unspecified atom stereocenters. The molecule has 2 aromatic rings. The molecule has 2 rings (SSSR count). The Bertz CT molecular complexity index is 640. The molecule has 0 saturated heterocycles. The summed E-state index contributed by atoms with van der Waals surface area (Å²) in [5, 5.41) is 23.0. The van der Waals surface area contributed by atoms with E-state index < -0.39 is 12.6 Å². The van der Waals surface area contributed by atoms with E-state index in [1.54, 1.807) is 12.1 Å². The molecule has 0 fully saturated rings. The van der Waals surface area contributed by atoms with Gasteiger partial charge in [0, 0.05) is 18.4 Å². The third-order valence-electron chi connectivity index (χ3n) is 2.68. The van der Waals surface area contributed by atoms with E-state index in [4.69, 9.17) is 5.26 Å². The average Bonchev–Trinajstić information content (AvgIpc) is 2.67. The first kappa shape index (κ1) is 13.2. The predicted molar refractivity (Wildman–Crippen MR) is 61.4 cm³/mol. The van der Waals surface area contributed by atoms with E-state index in [0.717, 1.165) is 0 Å². The Balaban J connectivity index is 2.31. The molecule has 100 valence electrons. The van der Waals surface area contributed by atoms with Crippen LogP contribution in [-0.4, -0.2) is 21.1 Å². The van der Waals surface area contributed by atoms with E-state index in [2.05, 4.69) is 5.10 Å². The maximum absolute atomic E-state index is 12.1. The summed E-state index contributed by atoms with van der Waals surface area (Å²) in [6.45, 7) is -0.00470. The van der Waals surface area contributed by atoms with Crippen molar-refractivity contribution in [3.8, 4) is 11.8 Å². The average molecular weight is 269 g/mol. The van der Waals surface area contributed by atoms with Gasteiger partial charge in [-0.2, -0.15) is 23.5 Å². The van der Waals surface area contributed by atoms with Crippen LogP contribution in [0.15, 0.2) is 18.2 Å². The van der Waals surface area contributed by atoms with Crippen molar-refractivity contribution in [2.24, 2.45) is 0 Å². The van der Waals surface area contributed by atoms with Crippen molar-refractivity contribution in [3.05, 3.63) is 23.9 Å². The lowest BCUT2D eigenvalue weighted by Gasteiger charge is -2.07. The van der Waals surface area contributed by atoms with Crippen molar-refractivity contribution in [3.63, 3.8) is 0 Å². The number of alkyl halides is 3. The summed E-state index contributed by atoms with van der Waals surface area (Å²) >= 11 is 0. The van der Waals surface area contributed by atoms with Crippen LogP contribution in [0.4, 0.5) is 13.2 Å². The Hall–Kier alpha value is -2.23. The SMILES string of the molecule is N#Cc1nn(CCCC(F)(F)F)c2c(O)cccc12. The lowest BCUT2D eigenvalue weighted by molar-refractivity contribution is -0.135. The highest BCUT2D eigenvalue weighted by Gasteiger charge is 2.26. The van der Waals surface area contributed by atoms with Gasteiger partial charge in [-0.3, -0.25) is 4.68 Å². The minimum absolute atomic E-state index is 0.00470. The molecule has 0 aliphatic carbocycles. The molecule has 0 radical (unpaired) electrons. The Morgan fingerprint density at radius 2 is 2.11 bits per heavy atom. The second-order valence-corrected chi connectivity index (χ2v) is 4.08. The van der Waals surface area contributed by atoms with Crippen LogP contribution in [0.5, 0.6) is 5.75 Å². The van der Waals surface area contributed by atoms with Crippen LogP contribution in [-0.2, 0) is 6.54 Å². The van der Waals surface area contributed by atoms with Gasteiger partial charge in [-0.1, -0.05) is 6.07 Å². The van der Waals surface area contributed by atoms with Gasteiger partial charge in [0.05, 0.1) is 0 Å². The lowest BCUT2D eigenvalue weighted by Crippen LogP contribution is -2.10. The molecule has 1 N–H and O–H groups in total. The second kappa shape index (κ2) is 4.80. The van der Waals surface area contributed by atoms with Crippen molar-refractivity contribution >= 4 is 10.9 Å². The number of benzene rings is 1. The Morgan fingerprint density at radius 3 is 2.74 bits per heavy atom. The molecule has 0 spiro atoms. The van der Waals surface area contributed by atoms with E-state index in [0.29, 0.717) is 10.9 Å². The molecular formula is C12H10F3N3O. The van der Waals surface area contributed by atoms with Crippen LogP contribution in [0, 0.1) is 11.3 Å². The Kier molecular flexibility index (Phi) is 3.34. The van der Waals surface area contributed by atoms with Gasteiger partial charge in [0.1, 0.15) is 17.3 Å². The third kappa shape index (κ3) is 2.78. The van der Waals surface area contributed by atoms with Gasteiger partial charge in [-0.15, -0.1) is 0 Å². The van der Waals surface area contributed by atoms with Crippen LogP contribution in [0.1, 0.15) is 18.5 Å². The van der Waals surface area contributed by atoms with Crippen molar-refractivity contribution in [1.29, 1.82) is 5.26 Å². The highest BCUT2D eigenvalue weighted by atomic mass is 19.4. The summed E-state index contributed by atoms with van der Waals surface area (Å²) < 4.78 is 37.5. The van der Waals surface area contributed by atoms with Gasteiger partial charge in [0.25, 0.3) is 0 Å². The number of rotatable bonds is 3. The molecule has 0 aliphatic heterocycles. The molecule has 0 atom stereocenters. The number of aromatic nitrogens is 2. The molecule has 4 nitrogen and oxygen atoms in total. The third-order valence-corrected chi connectivity index (χ3v) is 2.68. The first-order valence-electron chi connectivity index (χ1n) is 5.58. The molecule has 19 heavy (non-hydrogen) atoms. The topological polar surface area (TPSA) is 61.8 Å². The molecule has 0 aliphatic rings. The summed E-state index contributed by atoms with van der Waals surface area (Å²) in [6.07, 6.45) is -5.30. The first-order chi connectivity index (χ1) is 8.92. The summed E-state index contributed by atoms with van der Waals surface area (Å²) in [5.74, 6) is -0.0986. The number of phenolic OH excluding ortho intramolecular Hbond substituents is 1. The number of nitrogens with zero attached hydrogens (tertiary/aromatic N) is 3. The minimum Gasteiger partial charge on any atom is -0.506 e. The molecule has 7 heteroatoms. The summed E-state index contributed by atoms with van der Waals surface area (Å²) in [4.78, 5) is 0. The maximum atomic E-state index is 12.1. The number of para-hydroxylation sites is 1. The maximum Gasteiger partial charge on any atom is 0.389 e. The lowest BCUT2D eigenvalue weighted by atomic mass is 10.2. The van der Waals surface area contributed by atoms with Crippen LogP contribution in [0.25, 0.3) is 10.9 Å². The predicted octanol–water partition coefficient (Wildman–Crippen LogP) is 2.96. The fourth-order valence-electron chi connectivity index (χ4n) is 1.89. The quantitative estimate of drug-likeness (QED) is 0.931. The Morgan fingerprint density at radius 1 is 1.37 bits per heavy atom. The molecule has 0 saturated carbocycles. The second-order valence-electron chi connectivity index (χ2n) is 4.08. The Labute approximate surface area is 106 Å². The van der Waals surface area contributed by atoms with Crippen molar-refractivity contribution < 1.29 is 18.3 Å². The number of phenols is 1. The molecule has 1 aromatic heterocycles. The molecular weight excluding hydrogens is 259 g/mol. The van der Waals surface area contributed by atoms with Crippen LogP contribution in [0.3, 0.4) is 0 Å². The first-order valence-corrected chi connectivity index (χ1v) is 5.58. The van der Waals surface area contributed by atoms with E-state index >= 15 is 0 Å². The van der Waals surface area contributed by atoms with Crippen molar-refractivity contribution in [2.75, 3.05) is 0 Å². The molecule has 0 bridgehead atoms. The largest absolute Gasteiger partial charge is 0.506 e. The number of aromatic hydroxyl groups is 1. The van der Waals surface area contributed by atoms with Crippen molar-refractivity contribution in [1.82, 2.24) is 9.78 Å². The molecule has 1 aromatic carbocycles. The number of halogens is 3. The number of fused-ring (bicyclic) bond motifs is 1. The van der Waals surface area contributed by atoms with Gasteiger partial charge < -0.3 is 5.11 Å². The summed E-state index contributed by atoms with van der Waals surface area (Å²) in [7, 11) is 0. The normalized spacial score (nSPS) is 11.7. The van der Waals surface area contributed by atoms with E-state index in [1.807, 2.05) is 6.07 Å². The fraction of sp³-hybridized carbons (Fsp3) is 0.333. The monoisotopic (exact) mass is 269 g/mol. The smallest absolute Gasteiger partial charge is 0.389 e. The van der Waals surface area contributed by atoms with Crippen molar-refractivity contribution in [2.45, 2.75) is 25.6 Å². The minimum atomic E-state index is -4.22. The summed E-state index contributed by atoms with van der Waals surface area (Å²) in [5.41, 5.74) is 0.388. The zero-order valence-electron chi connectivity index (χ0n) is 9.78. The fourth-order valence-corrected chi connectivity index (χ4v) is 1.89. The van der Waals surface area contributed by atoms with E-state index in [-0.39, 0.29) is 24.4 Å². The van der Waals surface area contributed by atoms with Gasteiger partial charge in [0.2, 0.25) is 0 Å². The highest BCUT2D eigenvalue weighted by Crippen LogP contribution is 2.28. The molecule has 0 amide bonds. The van der Waals surface area contributed by atoms with Crippen LogP contribution in [0.2, 0.25) is 0 Å². The molecule has 1 heterocycles. The zero-order valence-corrected chi connectivity index (χ0v) is 9.78. The van der Waals surface area contributed by atoms with Crippen LogP contribution >= 0.6 is 0 Å². The number of aryl methyl sites for hydroxylation is 1. The standard InChI is InChI=1S/C12H10F3N3O/c13-12(14,15)5-2-6-18-11-8(9(7-16)17-18)3-1-4-10(11)19/h1,3-4,19H,2,5-6H2. The van der Waals surface area contributed by atoms with E-state index in [1.165, 1.54) is 10.7 Å². The number of hydrogen-bond donors (Lipinski definition) is 1. The zero-order chi connectivity index (χ0) is 14.0. The number of hydrogen-bond acceptors (Lipinski definition) is 3. The van der Waals surface area contributed by atoms with Gasteiger partial charge >= 0.3 is 6.18 Å². The van der Waals surface area contributed by atoms with Gasteiger partial charge in [0.15, 0.2) is 5.69 Å². The summed E-state index contributed by atoms with van der Waals surface area (Å²) in [6, 6.07) is 6.42. The van der Waals surface area contributed by atoms with Gasteiger partial charge in [-0.05, 0) is 18.6 Å².